The summed E-state index contributed by atoms with van der Waals surface area (Å²) in [4.78, 5) is 10.4. The first-order chi connectivity index (χ1) is 9.67. The van der Waals surface area contributed by atoms with Crippen LogP contribution in [0, 0.1) is 0 Å². The van der Waals surface area contributed by atoms with Crippen molar-refractivity contribution in [3.8, 4) is 10.6 Å². The summed E-state index contributed by atoms with van der Waals surface area (Å²) in [6, 6.07) is 0.468. The Morgan fingerprint density at radius 2 is 1.95 bits per heavy atom. The van der Waals surface area contributed by atoms with Gasteiger partial charge >= 0.3 is 0 Å². The molecular weight excluding hydrogens is 286 g/mol. The van der Waals surface area contributed by atoms with Crippen LogP contribution in [0.15, 0.2) is 11.6 Å². The Hall–Kier alpha value is -0.940. The van der Waals surface area contributed by atoms with Gasteiger partial charge in [-0.1, -0.05) is 20.8 Å². The predicted octanol–water partition coefficient (Wildman–Crippen LogP) is 5.38. The first-order valence-electron chi connectivity index (χ1n) is 7.36. The minimum Gasteiger partial charge on any atom is -0.359 e. The molecule has 0 aromatic carbocycles. The highest BCUT2D eigenvalue weighted by molar-refractivity contribution is 7.16. The van der Waals surface area contributed by atoms with E-state index in [-0.39, 0.29) is 0 Å². The molecule has 0 saturated heterocycles. The third kappa shape index (κ3) is 3.58. The summed E-state index contributed by atoms with van der Waals surface area (Å²) in [7, 11) is 0. The maximum atomic E-state index is 4.67. The SMILES string of the molecule is CCC(C)Nc1nc(-c2cnc(C(CC)CC)s2)cs1. The van der Waals surface area contributed by atoms with Gasteiger partial charge in [0.05, 0.1) is 15.6 Å². The molecule has 2 aromatic rings. The monoisotopic (exact) mass is 309 g/mol. The molecule has 5 heteroatoms. The molecule has 20 heavy (non-hydrogen) atoms. The van der Waals surface area contributed by atoms with E-state index in [2.05, 4.69) is 48.4 Å². The van der Waals surface area contributed by atoms with E-state index in [0.29, 0.717) is 12.0 Å². The van der Waals surface area contributed by atoms with Crippen molar-refractivity contribution in [2.45, 2.75) is 58.9 Å². The third-order valence-electron chi connectivity index (χ3n) is 3.60. The van der Waals surface area contributed by atoms with Crippen LogP contribution in [0.2, 0.25) is 0 Å². The van der Waals surface area contributed by atoms with E-state index in [0.717, 1.165) is 30.1 Å². The van der Waals surface area contributed by atoms with Gasteiger partial charge in [0.15, 0.2) is 5.13 Å². The summed E-state index contributed by atoms with van der Waals surface area (Å²) >= 11 is 3.46. The van der Waals surface area contributed by atoms with Gasteiger partial charge < -0.3 is 5.32 Å². The number of thiazole rings is 2. The van der Waals surface area contributed by atoms with Crippen LogP contribution in [-0.2, 0) is 0 Å². The summed E-state index contributed by atoms with van der Waals surface area (Å²) in [5.74, 6) is 0.588. The molecular formula is C15H23N3S2. The zero-order valence-corrected chi connectivity index (χ0v) is 14.3. The average Bonchev–Trinajstić information content (AvgIpc) is 3.09. The van der Waals surface area contributed by atoms with E-state index in [1.165, 1.54) is 9.88 Å². The fourth-order valence-electron chi connectivity index (χ4n) is 2.00. The molecule has 1 N–H and O–H groups in total. The Morgan fingerprint density at radius 1 is 1.20 bits per heavy atom. The Balaban J connectivity index is 2.12. The normalized spacial score (nSPS) is 12.8. The molecule has 0 saturated carbocycles. The number of hydrogen-bond acceptors (Lipinski definition) is 5. The number of aromatic nitrogens is 2. The molecule has 2 aromatic heterocycles. The van der Waals surface area contributed by atoms with Crippen LogP contribution in [0.25, 0.3) is 10.6 Å². The van der Waals surface area contributed by atoms with Gasteiger partial charge in [-0.15, -0.1) is 22.7 Å². The second kappa shape index (κ2) is 7.18. The first-order valence-corrected chi connectivity index (χ1v) is 9.05. The van der Waals surface area contributed by atoms with Gasteiger partial charge in [0, 0.05) is 23.5 Å². The van der Waals surface area contributed by atoms with Crippen LogP contribution in [0.5, 0.6) is 0 Å². The van der Waals surface area contributed by atoms with Crippen molar-refractivity contribution in [2.24, 2.45) is 0 Å². The number of rotatable bonds is 7. The lowest BCUT2D eigenvalue weighted by molar-refractivity contribution is 0.637. The van der Waals surface area contributed by atoms with Crippen LogP contribution < -0.4 is 5.32 Å². The fraction of sp³-hybridized carbons (Fsp3) is 0.600. The van der Waals surface area contributed by atoms with E-state index in [4.69, 9.17) is 0 Å². The Labute approximate surface area is 129 Å². The molecule has 2 heterocycles. The molecule has 0 aliphatic rings. The third-order valence-corrected chi connectivity index (χ3v) is 5.55. The average molecular weight is 310 g/mol. The maximum absolute atomic E-state index is 4.67. The molecule has 110 valence electrons. The topological polar surface area (TPSA) is 37.8 Å². The molecule has 0 fully saturated rings. The van der Waals surface area contributed by atoms with Crippen LogP contribution >= 0.6 is 22.7 Å². The summed E-state index contributed by atoms with van der Waals surface area (Å²) in [6.45, 7) is 8.81. The Bertz CT molecular complexity index is 529. The van der Waals surface area contributed by atoms with Crippen molar-refractivity contribution in [3.63, 3.8) is 0 Å². The lowest BCUT2D eigenvalue weighted by Crippen LogP contribution is -2.12. The zero-order chi connectivity index (χ0) is 14.5. The van der Waals surface area contributed by atoms with Gasteiger partial charge in [0.2, 0.25) is 0 Å². The van der Waals surface area contributed by atoms with E-state index in [9.17, 15) is 0 Å². The molecule has 2 rings (SSSR count). The van der Waals surface area contributed by atoms with Crippen molar-refractivity contribution in [2.75, 3.05) is 5.32 Å². The molecule has 0 aliphatic carbocycles. The molecule has 0 aliphatic heterocycles. The zero-order valence-electron chi connectivity index (χ0n) is 12.6. The van der Waals surface area contributed by atoms with E-state index < -0.39 is 0 Å². The van der Waals surface area contributed by atoms with Crippen molar-refractivity contribution >= 4 is 27.8 Å². The van der Waals surface area contributed by atoms with Crippen molar-refractivity contribution in [1.82, 2.24) is 9.97 Å². The predicted molar refractivity (Wildman–Crippen MR) is 89.9 cm³/mol. The largest absolute Gasteiger partial charge is 0.359 e. The number of nitrogens with zero attached hydrogens (tertiary/aromatic N) is 2. The number of nitrogens with one attached hydrogen (secondary N) is 1. The summed E-state index contributed by atoms with van der Waals surface area (Å²) in [5.41, 5.74) is 1.05. The minimum atomic E-state index is 0.468. The molecule has 1 unspecified atom stereocenters. The van der Waals surface area contributed by atoms with E-state index in [1.54, 1.807) is 22.7 Å². The van der Waals surface area contributed by atoms with Gasteiger partial charge in [0.25, 0.3) is 0 Å². The molecule has 0 bridgehead atoms. The van der Waals surface area contributed by atoms with E-state index >= 15 is 0 Å². The van der Waals surface area contributed by atoms with Crippen molar-refractivity contribution in [3.05, 3.63) is 16.6 Å². The highest BCUT2D eigenvalue weighted by Crippen LogP contribution is 2.34. The molecule has 1 atom stereocenters. The van der Waals surface area contributed by atoms with Crippen LogP contribution in [0.3, 0.4) is 0 Å². The van der Waals surface area contributed by atoms with Gasteiger partial charge in [-0.25, -0.2) is 9.97 Å². The van der Waals surface area contributed by atoms with Gasteiger partial charge in [-0.2, -0.15) is 0 Å². The standard InChI is InChI=1S/C15H23N3S2/c1-5-10(4)17-15-18-12(9-19-15)13-8-16-14(20-13)11(6-2)7-3/h8-11H,5-7H2,1-4H3,(H,17,18). The number of hydrogen-bond donors (Lipinski definition) is 1. The van der Waals surface area contributed by atoms with Gasteiger partial charge in [0.1, 0.15) is 0 Å². The van der Waals surface area contributed by atoms with Crippen molar-refractivity contribution in [1.29, 1.82) is 0 Å². The second-order valence-corrected chi connectivity index (χ2v) is 6.99. The van der Waals surface area contributed by atoms with Crippen LogP contribution in [-0.4, -0.2) is 16.0 Å². The van der Waals surface area contributed by atoms with Gasteiger partial charge in [-0.3, -0.25) is 0 Å². The molecule has 0 radical (unpaired) electrons. The smallest absolute Gasteiger partial charge is 0.183 e. The Kier molecular flexibility index (Phi) is 5.54. The quantitative estimate of drug-likeness (QED) is 0.746. The summed E-state index contributed by atoms with van der Waals surface area (Å²) in [6.07, 6.45) is 5.39. The first kappa shape index (κ1) is 15.4. The minimum absolute atomic E-state index is 0.468. The van der Waals surface area contributed by atoms with Crippen molar-refractivity contribution < 1.29 is 0 Å². The maximum Gasteiger partial charge on any atom is 0.183 e. The number of anilines is 1. The van der Waals surface area contributed by atoms with Crippen LogP contribution in [0.1, 0.15) is 57.9 Å². The second-order valence-electron chi connectivity index (χ2n) is 5.07. The molecule has 0 spiro atoms. The fourth-order valence-corrected chi connectivity index (χ4v) is 4.04. The molecule has 0 amide bonds. The van der Waals surface area contributed by atoms with Gasteiger partial charge in [-0.05, 0) is 26.2 Å². The summed E-state index contributed by atoms with van der Waals surface area (Å²) < 4.78 is 0. The molecule has 3 nitrogen and oxygen atoms in total. The highest BCUT2D eigenvalue weighted by atomic mass is 32.1. The Morgan fingerprint density at radius 3 is 2.60 bits per heavy atom. The lowest BCUT2D eigenvalue weighted by Gasteiger charge is -2.08. The lowest BCUT2D eigenvalue weighted by atomic mass is 10.1. The summed E-state index contributed by atoms with van der Waals surface area (Å²) in [5, 5.41) is 7.80. The van der Waals surface area contributed by atoms with E-state index in [1.807, 2.05) is 6.20 Å². The van der Waals surface area contributed by atoms with Crippen LogP contribution in [0.4, 0.5) is 5.13 Å². The highest BCUT2D eigenvalue weighted by Gasteiger charge is 2.14.